The molecule has 1 aliphatic heterocycles. The number of aliphatic hydroxyl groups is 1. The maximum Gasteiger partial charge on any atom is 0.301 e. The van der Waals surface area contributed by atoms with E-state index in [4.69, 9.17) is 9.47 Å². The minimum absolute atomic E-state index is 0.0173. The summed E-state index contributed by atoms with van der Waals surface area (Å²) >= 11 is 1.21. The Bertz CT molecular complexity index is 1280. The molecule has 0 aliphatic carbocycles. The van der Waals surface area contributed by atoms with Crippen LogP contribution in [0.5, 0.6) is 11.5 Å². The van der Waals surface area contributed by atoms with Gasteiger partial charge in [-0.2, -0.15) is 0 Å². The number of Topliss-reactive ketones (excluding diaryl/α,β-unsaturated/α-hetero) is 1. The summed E-state index contributed by atoms with van der Waals surface area (Å²) in [5.41, 5.74) is 1.01. The Morgan fingerprint density at radius 2 is 1.83 bits per heavy atom. The topological polar surface area (TPSA) is 102 Å². The third-order valence-electron chi connectivity index (χ3n) is 5.74. The molecule has 0 spiro atoms. The number of aliphatic hydroxyl groups excluding tert-OH is 1. The largest absolute Gasteiger partial charge is 0.507 e. The van der Waals surface area contributed by atoms with Crippen LogP contribution in [-0.4, -0.2) is 40.2 Å². The molecule has 1 aliphatic rings. The molecule has 188 valence electrons. The molecule has 1 atom stereocenters. The molecular weight excluding hydrogens is 478 g/mol. The van der Waals surface area contributed by atoms with Crippen molar-refractivity contribution in [2.75, 3.05) is 18.1 Å². The number of amides is 1. The van der Waals surface area contributed by atoms with Crippen molar-refractivity contribution in [3.63, 3.8) is 0 Å². The second-order valence-corrected chi connectivity index (χ2v) is 9.99. The molecule has 1 saturated heterocycles. The van der Waals surface area contributed by atoms with Crippen LogP contribution in [-0.2, 0) is 9.59 Å². The van der Waals surface area contributed by atoms with Crippen LogP contribution in [0.4, 0.5) is 5.13 Å². The molecule has 1 fully saturated rings. The fourth-order valence-corrected chi connectivity index (χ4v) is 4.66. The molecule has 8 nitrogen and oxygen atoms in total. The summed E-state index contributed by atoms with van der Waals surface area (Å²) in [4.78, 5) is 27.8. The van der Waals surface area contributed by atoms with Gasteiger partial charge in [-0.1, -0.05) is 37.3 Å². The fraction of sp³-hybridized carbons (Fsp3) is 0.333. The maximum absolute atomic E-state index is 13.3. The maximum atomic E-state index is 13.3. The zero-order valence-corrected chi connectivity index (χ0v) is 21.5. The summed E-state index contributed by atoms with van der Waals surface area (Å²) in [6.45, 7) is 8.95. The van der Waals surface area contributed by atoms with Gasteiger partial charge >= 0.3 is 5.91 Å². The minimum Gasteiger partial charge on any atom is -0.507 e. The van der Waals surface area contributed by atoms with E-state index in [2.05, 4.69) is 24.0 Å². The second kappa shape index (κ2) is 10.9. The Hall–Kier alpha value is -3.72. The number of carbonyl (C=O) groups excluding carboxylic acids is 2. The normalized spacial score (nSPS) is 17.1. The van der Waals surface area contributed by atoms with Crippen molar-refractivity contribution < 1.29 is 24.2 Å². The molecular formula is C27H29N3O5S. The number of ether oxygens (including phenoxy) is 2. The summed E-state index contributed by atoms with van der Waals surface area (Å²) in [6.07, 6.45) is 0.893. The van der Waals surface area contributed by atoms with Gasteiger partial charge in [0, 0.05) is 5.56 Å². The van der Waals surface area contributed by atoms with Crippen LogP contribution in [0.3, 0.4) is 0 Å². The van der Waals surface area contributed by atoms with Crippen molar-refractivity contribution >= 4 is 33.9 Å². The van der Waals surface area contributed by atoms with Crippen LogP contribution >= 0.6 is 11.3 Å². The van der Waals surface area contributed by atoms with Crippen LogP contribution < -0.4 is 14.4 Å². The molecule has 1 N–H and O–H groups in total. The molecule has 0 bridgehead atoms. The van der Waals surface area contributed by atoms with Crippen molar-refractivity contribution in [1.82, 2.24) is 10.2 Å². The summed E-state index contributed by atoms with van der Waals surface area (Å²) < 4.78 is 11.4. The third kappa shape index (κ3) is 5.26. The van der Waals surface area contributed by atoms with Gasteiger partial charge in [-0.3, -0.25) is 14.5 Å². The first-order chi connectivity index (χ1) is 17.3. The van der Waals surface area contributed by atoms with Crippen LogP contribution in [0, 0.1) is 12.8 Å². The highest BCUT2D eigenvalue weighted by Crippen LogP contribution is 2.43. The lowest BCUT2D eigenvalue weighted by atomic mass is 9.95. The summed E-state index contributed by atoms with van der Waals surface area (Å²) in [6, 6.07) is 13.1. The van der Waals surface area contributed by atoms with E-state index in [0.717, 1.165) is 6.42 Å². The van der Waals surface area contributed by atoms with Gasteiger partial charge in [-0.15, -0.1) is 10.2 Å². The number of benzene rings is 2. The first-order valence-electron chi connectivity index (χ1n) is 11.9. The van der Waals surface area contributed by atoms with Crippen molar-refractivity contribution in [2.45, 2.75) is 40.2 Å². The molecule has 4 rings (SSSR count). The summed E-state index contributed by atoms with van der Waals surface area (Å²) in [7, 11) is 0. The molecule has 0 radical (unpaired) electrons. The van der Waals surface area contributed by atoms with Crippen molar-refractivity contribution in [1.29, 1.82) is 0 Å². The highest BCUT2D eigenvalue weighted by atomic mass is 32.1. The molecule has 0 saturated carbocycles. The zero-order valence-electron chi connectivity index (χ0n) is 20.7. The van der Waals surface area contributed by atoms with Crippen LogP contribution in [0.25, 0.3) is 5.76 Å². The predicted molar refractivity (Wildman–Crippen MR) is 138 cm³/mol. The predicted octanol–water partition coefficient (Wildman–Crippen LogP) is 5.30. The zero-order chi connectivity index (χ0) is 25.8. The van der Waals surface area contributed by atoms with E-state index >= 15 is 0 Å². The van der Waals surface area contributed by atoms with Gasteiger partial charge in [0.25, 0.3) is 5.78 Å². The number of anilines is 1. The number of ketones is 1. The monoisotopic (exact) mass is 507 g/mol. The Balaban J connectivity index is 1.80. The molecule has 1 amide bonds. The van der Waals surface area contributed by atoms with E-state index in [1.165, 1.54) is 16.2 Å². The number of hydrogen-bond acceptors (Lipinski definition) is 8. The van der Waals surface area contributed by atoms with E-state index in [9.17, 15) is 14.7 Å². The quantitative estimate of drug-likeness (QED) is 0.238. The van der Waals surface area contributed by atoms with E-state index < -0.39 is 17.7 Å². The smallest absolute Gasteiger partial charge is 0.301 e. The molecule has 9 heteroatoms. The number of nitrogens with zero attached hydrogens (tertiary/aromatic N) is 3. The number of aryl methyl sites for hydroxylation is 1. The molecule has 1 unspecified atom stereocenters. The highest BCUT2D eigenvalue weighted by Gasteiger charge is 2.48. The summed E-state index contributed by atoms with van der Waals surface area (Å²) in [5.74, 6) is -0.0683. The lowest BCUT2D eigenvalue weighted by molar-refractivity contribution is -0.132. The van der Waals surface area contributed by atoms with Gasteiger partial charge in [0.1, 0.15) is 22.3 Å². The fourth-order valence-electron chi connectivity index (χ4n) is 3.95. The van der Waals surface area contributed by atoms with E-state index in [1.807, 2.05) is 19.1 Å². The van der Waals surface area contributed by atoms with E-state index in [-0.39, 0.29) is 16.5 Å². The van der Waals surface area contributed by atoms with Gasteiger partial charge in [0.2, 0.25) is 5.13 Å². The van der Waals surface area contributed by atoms with E-state index in [1.54, 1.807) is 43.3 Å². The van der Waals surface area contributed by atoms with E-state index in [0.29, 0.717) is 46.8 Å². The van der Waals surface area contributed by atoms with Crippen LogP contribution in [0.2, 0.25) is 0 Å². The average molecular weight is 508 g/mol. The molecule has 3 aromatic rings. The minimum atomic E-state index is -0.891. The van der Waals surface area contributed by atoms with Crippen molar-refractivity contribution in [3.8, 4) is 11.5 Å². The van der Waals surface area contributed by atoms with Gasteiger partial charge in [-0.25, -0.2) is 0 Å². The number of hydrogen-bond donors (Lipinski definition) is 1. The van der Waals surface area contributed by atoms with Crippen LogP contribution in [0.15, 0.2) is 54.1 Å². The third-order valence-corrected chi connectivity index (χ3v) is 6.58. The van der Waals surface area contributed by atoms with Crippen molar-refractivity contribution in [3.05, 3.63) is 70.2 Å². The highest BCUT2D eigenvalue weighted by molar-refractivity contribution is 7.15. The Morgan fingerprint density at radius 3 is 2.47 bits per heavy atom. The summed E-state index contributed by atoms with van der Waals surface area (Å²) in [5, 5.41) is 20.4. The first-order valence-corrected chi connectivity index (χ1v) is 12.7. The van der Waals surface area contributed by atoms with Crippen LogP contribution in [0.1, 0.15) is 49.4 Å². The second-order valence-electron chi connectivity index (χ2n) is 8.83. The standard InChI is InChI=1S/C27H29N3O5S/c1-5-34-20-11-9-18(10-12-20)24(31)22-23(19-7-6-8-21(15-19)35-14-13-16(2)3)30(26(33)25(22)32)27-29-28-17(4)36-27/h6-12,15-16,23,31H,5,13-14H2,1-4H3/b24-22+. The van der Waals surface area contributed by atoms with Crippen molar-refractivity contribution in [2.24, 2.45) is 5.92 Å². The van der Waals surface area contributed by atoms with Gasteiger partial charge in [-0.05, 0) is 68.1 Å². The average Bonchev–Trinajstić information content (AvgIpc) is 3.39. The van der Waals surface area contributed by atoms with Gasteiger partial charge in [0.05, 0.1) is 24.8 Å². The first kappa shape index (κ1) is 25.4. The molecule has 1 aromatic heterocycles. The lowest BCUT2D eigenvalue weighted by Gasteiger charge is -2.23. The van der Waals surface area contributed by atoms with Gasteiger partial charge in [0.15, 0.2) is 0 Å². The molecule has 36 heavy (non-hydrogen) atoms. The lowest BCUT2D eigenvalue weighted by Crippen LogP contribution is -2.29. The van der Waals surface area contributed by atoms with Gasteiger partial charge < -0.3 is 14.6 Å². The number of carbonyl (C=O) groups is 2. The Labute approximate surface area is 214 Å². The molecule has 2 aromatic carbocycles. The Kier molecular flexibility index (Phi) is 7.69. The molecule has 2 heterocycles. The number of aromatic nitrogens is 2. The SMILES string of the molecule is CCOc1ccc(/C(O)=C2\C(=O)C(=O)N(c3nnc(C)s3)C2c2cccc(OCCC(C)C)c2)cc1. The Morgan fingerprint density at radius 1 is 1.08 bits per heavy atom. The number of rotatable bonds is 9.